The SMILES string of the molecule is Nc1nc(N)c2nc(-c3ccccc3)c(N)nc2n1.O=C(O)CC(O)(CC(=O)O)C(=O)O. The fourth-order valence-corrected chi connectivity index (χ4v) is 2.52. The Morgan fingerprint density at radius 2 is 1.38 bits per heavy atom. The van der Waals surface area contributed by atoms with E-state index in [0.717, 1.165) is 5.56 Å². The molecule has 1 aromatic carbocycles. The van der Waals surface area contributed by atoms with Gasteiger partial charge in [0.25, 0.3) is 0 Å². The molecule has 0 unspecified atom stereocenters. The lowest BCUT2D eigenvalue weighted by molar-refractivity contribution is -0.170. The third kappa shape index (κ3) is 5.73. The minimum absolute atomic E-state index is 0.0474. The van der Waals surface area contributed by atoms with Gasteiger partial charge >= 0.3 is 17.9 Å². The predicted molar refractivity (Wildman–Crippen MR) is 111 cm³/mol. The Kier molecular flexibility index (Phi) is 7.02. The monoisotopic (exact) mass is 445 g/mol. The van der Waals surface area contributed by atoms with E-state index in [1.165, 1.54) is 0 Å². The third-order valence-corrected chi connectivity index (χ3v) is 3.94. The van der Waals surface area contributed by atoms with Crippen LogP contribution in [-0.4, -0.2) is 63.9 Å². The number of nitrogens with two attached hydrogens (primary N) is 3. The molecule has 0 aliphatic rings. The number of nitrogen functional groups attached to an aromatic ring is 3. The van der Waals surface area contributed by atoms with Gasteiger partial charge in [-0.15, -0.1) is 0 Å². The van der Waals surface area contributed by atoms with E-state index in [1.54, 1.807) is 0 Å². The molecule has 0 atom stereocenters. The predicted octanol–water partition coefficient (Wildman–Crippen LogP) is -0.415. The quantitative estimate of drug-likeness (QED) is 0.254. The van der Waals surface area contributed by atoms with Crippen LogP contribution in [0.4, 0.5) is 17.6 Å². The second-order valence-electron chi connectivity index (χ2n) is 6.44. The number of fused-ring (bicyclic) bond motifs is 1. The van der Waals surface area contributed by atoms with E-state index >= 15 is 0 Å². The highest BCUT2D eigenvalue weighted by molar-refractivity contribution is 5.88. The van der Waals surface area contributed by atoms with Crippen molar-refractivity contribution < 1.29 is 34.8 Å². The summed E-state index contributed by atoms with van der Waals surface area (Å²) in [5, 5.41) is 33.8. The molecule has 3 aromatic rings. The average Bonchev–Trinajstić information content (AvgIpc) is 2.67. The Morgan fingerprint density at radius 3 is 1.88 bits per heavy atom. The molecule has 0 aliphatic carbocycles. The van der Waals surface area contributed by atoms with E-state index in [4.69, 9.17) is 37.6 Å². The van der Waals surface area contributed by atoms with Crippen molar-refractivity contribution in [3.63, 3.8) is 0 Å². The lowest BCUT2D eigenvalue weighted by Crippen LogP contribution is -2.42. The molecular formula is C18H19N7O7. The first-order valence-electron chi connectivity index (χ1n) is 8.74. The minimum atomic E-state index is -2.74. The van der Waals surface area contributed by atoms with Crippen LogP contribution in [0.5, 0.6) is 0 Å². The Balaban J connectivity index is 0.000000247. The fraction of sp³-hybridized carbons (Fsp3) is 0.167. The highest BCUT2D eigenvalue weighted by Gasteiger charge is 2.40. The maximum absolute atomic E-state index is 10.3. The summed E-state index contributed by atoms with van der Waals surface area (Å²) in [5.41, 5.74) is 16.5. The van der Waals surface area contributed by atoms with Crippen LogP contribution >= 0.6 is 0 Å². The van der Waals surface area contributed by atoms with Gasteiger partial charge in [0.15, 0.2) is 28.4 Å². The molecule has 0 spiro atoms. The van der Waals surface area contributed by atoms with Gasteiger partial charge in [-0.05, 0) is 0 Å². The highest BCUT2D eigenvalue weighted by atomic mass is 16.4. The van der Waals surface area contributed by atoms with Gasteiger partial charge in [-0.3, -0.25) is 9.59 Å². The van der Waals surface area contributed by atoms with Crippen LogP contribution in [0, 0.1) is 0 Å². The van der Waals surface area contributed by atoms with Crippen molar-refractivity contribution in [2.45, 2.75) is 18.4 Å². The number of benzene rings is 1. The van der Waals surface area contributed by atoms with Crippen molar-refractivity contribution >= 4 is 46.7 Å². The van der Waals surface area contributed by atoms with Crippen LogP contribution in [0.15, 0.2) is 30.3 Å². The molecule has 0 bridgehead atoms. The topological polar surface area (TPSA) is 262 Å². The van der Waals surface area contributed by atoms with E-state index in [9.17, 15) is 14.4 Å². The van der Waals surface area contributed by atoms with Crippen LogP contribution < -0.4 is 17.2 Å². The summed E-state index contributed by atoms with van der Waals surface area (Å²) in [6.07, 6.45) is -2.29. The average molecular weight is 445 g/mol. The smallest absolute Gasteiger partial charge is 0.336 e. The van der Waals surface area contributed by atoms with Gasteiger partial charge in [0.05, 0.1) is 12.8 Å². The van der Waals surface area contributed by atoms with Crippen LogP contribution in [0.1, 0.15) is 12.8 Å². The minimum Gasteiger partial charge on any atom is -0.481 e. The van der Waals surface area contributed by atoms with Crippen molar-refractivity contribution in [1.82, 2.24) is 19.9 Å². The summed E-state index contributed by atoms with van der Waals surface area (Å²) in [5.74, 6) is -4.51. The van der Waals surface area contributed by atoms with E-state index in [1.807, 2.05) is 30.3 Å². The van der Waals surface area contributed by atoms with Crippen LogP contribution in [0.25, 0.3) is 22.4 Å². The van der Waals surface area contributed by atoms with E-state index in [0.29, 0.717) is 16.9 Å². The molecule has 32 heavy (non-hydrogen) atoms. The molecule has 0 fully saturated rings. The molecule has 2 aromatic heterocycles. The number of aromatic nitrogens is 4. The fourth-order valence-electron chi connectivity index (χ4n) is 2.52. The van der Waals surface area contributed by atoms with E-state index in [2.05, 4.69) is 19.9 Å². The molecule has 3 rings (SSSR count). The first kappa shape index (κ1) is 23.7. The van der Waals surface area contributed by atoms with Gasteiger partial charge in [0.2, 0.25) is 5.95 Å². The van der Waals surface area contributed by atoms with Crippen LogP contribution in [0.2, 0.25) is 0 Å². The number of hydrogen-bond donors (Lipinski definition) is 7. The standard InChI is InChI=1S/C12H11N7.C6H8O7/c13-9-7(6-4-2-1-3-5-6)16-8-10(14)18-12(15)19-11(8)17-9;7-3(8)1-6(13,5(11)12)2-4(9)10/h1-5H,(H6,13,14,15,17,18,19);13H,1-2H2,(H,7,8)(H,9,10)(H,11,12). The first-order valence-corrected chi connectivity index (χ1v) is 8.74. The van der Waals surface area contributed by atoms with Gasteiger partial charge in [0.1, 0.15) is 5.69 Å². The molecule has 0 saturated heterocycles. The summed E-state index contributed by atoms with van der Waals surface area (Å²) in [6, 6.07) is 9.47. The van der Waals surface area contributed by atoms with Crippen molar-refractivity contribution in [2.75, 3.05) is 17.2 Å². The maximum atomic E-state index is 10.3. The normalized spacial score (nSPS) is 10.8. The molecule has 168 valence electrons. The number of aliphatic hydroxyl groups is 1. The first-order chi connectivity index (χ1) is 14.9. The zero-order chi connectivity index (χ0) is 24.1. The van der Waals surface area contributed by atoms with Gasteiger partial charge in [-0.1, -0.05) is 30.3 Å². The summed E-state index contributed by atoms with van der Waals surface area (Å²) >= 11 is 0. The van der Waals surface area contributed by atoms with Crippen molar-refractivity contribution in [2.24, 2.45) is 0 Å². The van der Waals surface area contributed by atoms with Gasteiger partial charge in [-0.25, -0.2) is 14.8 Å². The zero-order valence-electron chi connectivity index (χ0n) is 16.3. The number of carbonyl (C=O) groups is 3. The highest BCUT2D eigenvalue weighted by Crippen LogP contribution is 2.26. The van der Waals surface area contributed by atoms with Gasteiger partial charge < -0.3 is 37.6 Å². The summed E-state index contributed by atoms with van der Waals surface area (Å²) < 4.78 is 0. The number of rotatable bonds is 6. The van der Waals surface area contributed by atoms with Gasteiger partial charge in [0, 0.05) is 5.56 Å². The van der Waals surface area contributed by atoms with Crippen LogP contribution in [0.3, 0.4) is 0 Å². The molecule has 2 heterocycles. The third-order valence-electron chi connectivity index (χ3n) is 3.94. The van der Waals surface area contributed by atoms with Gasteiger partial charge in [-0.2, -0.15) is 9.97 Å². The number of hydrogen-bond acceptors (Lipinski definition) is 11. The number of nitrogens with zero attached hydrogens (tertiary/aromatic N) is 4. The number of carboxylic acids is 3. The number of aliphatic carboxylic acids is 3. The zero-order valence-corrected chi connectivity index (χ0v) is 16.3. The second kappa shape index (κ2) is 9.48. The Labute approximate surface area is 179 Å². The number of carboxylic acid groups (broad SMARTS) is 3. The summed E-state index contributed by atoms with van der Waals surface area (Å²) in [4.78, 5) is 46.9. The lowest BCUT2D eigenvalue weighted by atomic mass is 9.96. The second-order valence-corrected chi connectivity index (χ2v) is 6.44. The molecule has 14 heteroatoms. The molecule has 0 aliphatic heterocycles. The van der Waals surface area contributed by atoms with Crippen molar-refractivity contribution in [1.29, 1.82) is 0 Å². The Morgan fingerprint density at radius 1 is 0.812 bits per heavy atom. The molecular weight excluding hydrogens is 426 g/mol. The van der Waals surface area contributed by atoms with E-state index < -0.39 is 36.4 Å². The molecule has 14 nitrogen and oxygen atoms in total. The maximum Gasteiger partial charge on any atom is 0.336 e. The Bertz CT molecular complexity index is 1160. The summed E-state index contributed by atoms with van der Waals surface area (Å²) in [7, 11) is 0. The Hall–Kier alpha value is -4.59. The lowest BCUT2D eigenvalue weighted by Gasteiger charge is -2.18. The molecule has 0 radical (unpaired) electrons. The summed E-state index contributed by atoms with van der Waals surface area (Å²) in [6.45, 7) is 0. The van der Waals surface area contributed by atoms with E-state index in [-0.39, 0.29) is 17.6 Å². The molecule has 10 N–H and O–H groups in total. The van der Waals surface area contributed by atoms with Crippen LogP contribution in [-0.2, 0) is 14.4 Å². The largest absolute Gasteiger partial charge is 0.481 e. The van der Waals surface area contributed by atoms with Crippen molar-refractivity contribution in [3.8, 4) is 11.3 Å². The van der Waals surface area contributed by atoms with Crippen molar-refractivity contribution in [3.05, 3.63) is 30.3 Å². The molecule has 0 amide bonds. The number of anilines is 3. The molecule has 0 saturated carbocycles.